The van der Waals surface area contributed by atoms with Crippen LogP contribution in [0.4, 0.5) is 0 Å². The van der Waals surface area contributed by atoms with Gasteiger partial charge in [-0.1, -0.05) is 0 Å². The van der Waals surface area contributed by atoms with Gasteiger partial charge in [-0.3, -0.25) is 0 Å². The van der Waals surface area contributed by atoms with Crippen LogP contribution in [0.5, 0.6) is 5.75 Å². The van der Waals surface area contributed by atoms with Gasteiger partial charge in [0, 0.05) is 0 Å². The predicted octanol–water partition coefficient (Wildman–Crippen LogP) is 1.05. The summed E-state index contributed by atoms with van der Waals surface area (Å²) < 4.78 is 8.52. The summed E-state index contributed by atoms with van der Waals surface area (Å²) in [5, 5.41) is 0. The molecule has 0 spiro atoms. The van der Waals surface area contributed by atoms with Crippen molar-refractivity contribution in [2.24, 2.45) is 0 Å². The van der Waals surface area contributed by atoms with Crippen molar-refractivity contribution in [2.75, 3.05) is 7.11 Å². The minimum absolute atomic E-state index is 0.589. The van der Waals surface area contributed by atoms with E-state index in [1.54, 1.807) is 11.6 Å². The fourth-order valence-corrected chi connectivity index (χ4v) is 14.3. The van der Waals surface area contributed by atoms with E-state index >= 15 is 0 Å². The predicted molar refractivity (Wildman–Crippen MR) is 65.5 cm³/mol. The van der Waals surface area contributed by atoms with Crippen LogP contribution >= 0.6 is 8.60 Å². The molecule has 0 radical (unpaired) electrons. The van der Waals surface area contributed by atoms with Crippen molar-refractivity contribution in [1.82, 2.24) is 0 Å². The van der Waals surface area contributed by atoms with Crippen molar-refractivity contribution in [3.05, 3.63) is 17.7 Å². The maximum absolute atomic E-state index is 5.40. The molecule has 1 aromatic rings. The molecule has 0 fully saturated rings. The summed E-state index contributed by atoms with van der Waals surface area (Å²) in [4.78, 5) is 0. The second-order valence-electron chi connectivity index (χ2n) is 3.40. The summed E-state index contributed by atoms with van der Waals surface area (Å²) in [6.45, 7) is 4.54. The number of ether oxygens (including phenoxy) is 1. The van der Waals surface area contributed by atoms with Crippen molar-refractivity contribution in [3.8, 4) is 5.75 Å². The average Bonchev–Trinajstić information content (AvgIpc) is 2.64. The van der Waals surface area contributed by atoms with Gasteiger partial charge < -0.3 is 0 Å². The van der Waals surface area contributed by atoms with Gasteiger partial charge in [0.05, 0.1) is 0 Å². The van der Waals surface area contributed by atoms with Gasteiger partial charge in [0.1, 0.15) is 0 Å². The molecule has 1 aliphatic heterocycles. The Morgan fingerprint density at radius 1 is 1.21 bits per heavy atom. The number of rotatable bonds is 2. The third kappa shape index (κ3) is 1.87. The molecule has 1 heterocycles. The number of hydrogen-bond acceptors (Lipinski definition) is 2. The van der Waals surface area contributed by atoms with E-state index in [0.717, 1.165) is 5.75 Å². The Hall–Kier alpha value is 0.409. The van der Waals surface area contributed by atoms with Crippen LogP contribution in [0, 0.1) is 0 Å². The van der Waals surface area contributed by atoms with E-state index in [0.29, 0.717) is 33.6 Å². The minimum atomic E-state index is 0.589. The summed E-state index contributed by atoms with van der Waals surface area (Å²) in [6.07, 6.45) is 0. The summed E-state index contributed by atoms with van der Waals surface area (Å²) >= 11 is 1.22. The molecule has 0 bridgehead atoms. The molecule has 2 rings (SSSR count). The first kappa shape index (κ1) is 10.9. The van der Waals surface area contributed by atoms with Crippen molar-refractivity contribution in [2.45, 2.75) is 19.8 Å². The van der Waals surface area contributed by atoms with Crippen LogP contribution in [0.25, 0.3) is 0 Å². The molecule has 1 aliphatic rings. The van der Waals surface area contributed by atoms with E-state index in [2.05, 4.69) is 34.6 Å². The van der Waals surface area contributed by atoms with Crippen LogP contribution in [0.15, 0.2) is 12.1 Å². The molecule has 0 N–H and O–H groups in total. The van der Waals surface area contributed by atoms with Gasteiger partial charge in [0.15, 0.2) is 0 Å². The van der Waals surface area contributed by atoms with E-state index in [-0.39, 0.29) is 0 Å². The van der Waals surface area contributed by atoms with Crippen molar-refractivity contribution >= 4 is 45.2 Å². The standard InChI is InChI=1S/C10H12OSSe2/c1-6(2)7-4-5-8(11-3)10-9(7)13-12-14-10/h4-6H,1-3H3. The van der Waals surface area contributed by atoms with Crippen LogP contribution in [0.1, 0.15) is 25.3 Å². The molecular weight excluding hydrogens is 326 g/mol. The van der Waals surface area contributed by atoms with E-state index in [1.807, 2.05) is 0 Å². The first-order valence-corrected chi connectivity index (χ1v) is 11.0. The van der Waals surface area contributed by atoms with Gasteiger partial charge in [0.25, 0.3) is 0 Å². The quantitative estimate of drug-likeness (QED) is 0.746. The van der Waals surface area contributed by atoms with Gasteiger partial charge in [0.2, 0.25) is 0 Å². The van der Waals surface area contributed by atoms with Gasteiger partial charge in [-0.05, 0) is 0 Å². The van der Waals surface area contributed by atoms with Crippen LogP contribution in [0.3, 0.4) is 0 Å². The van der Waals surface area contributed by atoms with Gasteiger partial charge in [-0.25, -0.2) is 0 Å². The molecule has 0 saturated heterocycles. The van der Waals surface area contributed by atoms with Crippen molar-refractivity contribution < 1.29 is 4.74 Å². The zero-order valence-electron chi connectivity index (χ0n) is 8.37. The Balaban J connectivity index is 2.53. The van der Waals surface area contributed by atoms with E-state index in [9.17, 15) is 0 Å². The molecule has 1 nitrogen and oxygen atoms in total. The molecule has 0 unspecified atom stereocenters. The van der Waals surface area contributed by atoms with Gasteiger partial charge in [-0.2, -0.15) is 0 Å². The van der Waals surface area contributed by atoms with Crippen LogP contribution in [-0.2, 0) is 0 Å². The molecule has 4 heteroatoms. The monoisotopic (exact) mass is 340 g/mol. The number of methoxy groups -OCH3 is 1. The zero-order valence-corrected chi connectivity index (χ0v) is 12.6. The van der Waals surface area contributed by atoms with Gasteiger partial charge in [-0.15, -0.1) is 0 Å². The molecule has 1 aromatic carbocycles. The normalized spacial score (nSPS) is 14.6. The Morgan fingerprint density at radius 3 is 2.57 bits per heavy atom. The zero-order chi connectivity index (χ0) is 10.1. The Bertz CT molecular complexity index is 352. The van der Waals surface area contributed by atoms with E-state index in [1.165, 1.54) is 10.0 Å². The number of hydrogen-bond donors (Lipinski definition) is 0. The molecule has 76 valence electrons. The first-order chi connectivity index (χ1) is 6.74. The summed E-state index contributed by atoms with van der Waals surface area (Å²) in [5.41, 5.74) is 1.53. The van der Waals surface area contributed by atoms with Crippen LogP contribution in [-0.4, -0.2) is 34.8 Å². The van der Waals surface area contributed by atoms with Crippen LogP contribution < -0.4 is 13.7 Å². The first-order valence-electron chi connectivity index (χ1n) is 4.46. The molecule has 14 heavy (non-hydrogen) atoms. The maximum atomic E-state index is 5.40. The fraction of sp³-hybridized carbons (Fsp3) is 0.400. The topological polar surface area (TPSA) is 9.23 Å². The molecule has 0 aliphatic carbocycles. The molecular formula is C10H12OSSe2. The summed E-state index contributed by atoms with van der Waals surface area (Å²) in [5.74, 6) is 1.75. The van der Waals surface area contributed by atoms with Crippen LogP contribution in [0.2, 0.25) is 0 Å². The number of fused-ring (bicyclic) bond motifs is 1. The van der Waals surface area contributed by atoms with Crippen molar-refractivity contribution in [1.29, 1.82) is 0 Å². The molecule has 0 saturated carbocycles. The number of benzene rings is 1. The third-order valence-corrected chi connectivity index (χ3v) is 12.5. The fourth-order valence-electron chi connectivity index (χ4n) is 1.43. The average molecular weight is 338 g/mol. The molecule has 0 amide bonds. The third-order valence-electron chi connectivity index (χ3n) is 2.18. The van der Waals surface area contributed by atoms with Gasteiger partial charge >= 0.3 is 100 Å². The summed E-state index contributed by atoms with van der Waals surface area (Å²) in [7, 11) is 3.88. The van der Waals surface area contributed by atoms with Crippen molar-refractivity contribution in [3.63, 3.8) is 0 Å². The summed E-state index contributed by atoms with van der Waals surface area (Å²) in [6, 6.07) is 4.38. The van der Waals surface area contributed by atoms with E-state index < -0.39 is 0 Å². The Morgan fingerprint density at radius 2 is 1.93 bits per heavy atom. The molecule has 0 atom stereocenters. The Kier molecular flexibility index (Phi) is 3.51. The SMILES string of the molecule is COc1ccc(C(C)C)c2c1[Se]S[Se]2. The second kappa shape index (κ2) is 4.50. The second-order valence-corrected chi connectivity index (χ2v) is 13.0. The molecule has 0 aromatic heterocycles. The Labute approximate surface area is 99.8 Å². The van der Waals surface area contributed by atoms with E-state index in [4.69, 9.17) is 4.74 Å².